The molecule has 0 atom stereocenters. The SMILES string of the molecule is C=O.CC1NCC(c2ccc(CNCC(=O)OC(C)(C)C)cc2)CN1.[HH]. The highest BCUT2D eigenvalue weighted by molar-refractivity contribution is 5.72. The third-order valence-electron chi connectivity index (χ3n) is 3.81. The fourth-order valence-corrected chi connectivity index (χ4v) is 2.61. The van der Waals surface area contributed by atoms with Gasteiger partial charge in [0.05, 0.1) is 12.7 Å². The molecule has 25 heavy (non-hydrogen) atoms. The average molecular weight is 351 g/mol. The highest BCUT2D eigenvalue weighted by Gasteiger charge is 2.18. The van der Waals surface area contributed by atoms with Crippen molar-refractivity contribution in [3.05, 3.63) is 35.4 Å². The van der Waals surface area contributed by atoms with E-state index in [0.29, 0.717) is 18.6 Å². The van der Waals surface area contributed by atoms with Gasteiger partial charge in [-0.15, -0.1) is 0 Å². The monoisotopic (exact) mass is 351 g/mol. The van der Waals surface area contributed by atoms with Gasteiger partial charge in [-0.2, -0.15) is 0 Å². The molecule has 0 aromatic heterocycles. The molecule has 0 aliphatic carbocycles. The number of hydrogen-bond donors (Lipinski definition) is 3. The molecule has 1 aromatic rings. The first-order chi connectivity index (χ1) is 11.8. The van der Waals surface area contributed by atoms with Crippen LogP contribution < -0.4 is 16.0 Å². The maximum atomic E-state index is 11.6. The van der Waals surface area contributed by atoms with E-state index in [1.165, 1.54) is 11.1 Å². The van der Waals surface area contributed by atoms with Crippen LogP contribution in [0.1, 0.15) is 46.2 Å². The zero-order chi connectivity index (χ0) is 18.9. The number of carbonyl (C=O) groups is 2. The maximum absolute atomic E-state index is 11.6. The zero-order valence-electron chi connectivity index (χ0n) is 15.7. The number of esters is 1. The molecule has 142 valence electrons. The normalized spacial score (nSPS) is 20.3. The van der Waals surface area contributed by atoms with Crippen molar-refractivity contribution in [2.75, 3.05) is 19.6 Å². The predicted molar refractivity (Wildman–Crippen MR) is 101 cm³/mol. The fourth-order valence-electron chi connectivity index (χ4n) is 2.61. The summed E-state index contributed by atoms with van der Waals surface area (Å²) in [7, 11) is 0. The van der Waals surface area contributed by atoms with Gasteiger partial charge in [0.1, 0.15) is 12.4 Å². The van der Waals surface area contributed by atoms with Gasteiger partial charge in [-0.25, -0.2) is 0 Å². The summed E-state index contributed by atoms with van der Waals surface area (Å²) in [5, 5.41) is 10.0. The number of ether oxygens (including phenoxy) is 1. The minimum Gasteiger partial charge on any atom is -0.459 e. The smallest absolute Gasteiger partial charge is 0.320 e. The number of nitrogens with one attached hydrogen (secondary N) is 3. The number of carbonyl (C=O) groups excluding carboxylic acids is 2. The van der Waals surface area contributed by atoms with Crippen LogP contribution in [0.4, 0.5) is 0 Å². The molecule has 0 radical (unpaired) electrons. The first-order valence-corrected chi connectivity index (χ1v) is 8.60. The first-order valence-electron chi connectivity index (χ1n) is 8.60. The van der Waals surface area contributed by atoms with Crippen LogP contribution in [0.2, 0.25) is 0 Å². The van der Waals surface area contributed by atoms with E-state index >= 15 is 0 Å². The summed E-state index contributed by atoms with van der Waals surface area (Å²) in [5.41, 5.74) is 2.08. The Morgan fingerprint density at radius 1 is 1.24 bits per heavy atom. The van der Waals surface area contributed by atoms with Crippen LogP contribution in [0.25, 0.3) is 0 Å². The third kappa shape index (κ3) is 8.25. The lowest BCUT2D eigenvalue weighted by Crippen LogP contribution is -2.49. The summed E-state index contributed by atoms with van der Waals surface area (Å²) in [6, 6.07) is 8.59. The Kier molecular flexibility index (Phi) is 8.75. The molecule has 0 amide bonds. The van der Waals surface area contributed by atoms with E-state index in [1.807, 2.05) is 27.6 Å². The molecule has 1 aliphatic rings. The molecule has 0 bridgehead atoms. The van der Waals surface area contributed by atoms with Crippen LogP contribution in [-0.4, -0.2) is 44.2 Å². The number of benzene rings is 1. The van der Waals surface area contributed by atoms with Crippen molar-refractivity contribution in [1.82, 2.24) is 16.0 Å². The van der Waals surface area contributed by atoms with Gasteiger partial charge in [0, 0.05) is 27.0 Å². The van der Waals surface area contributed by atoms with Crippen molar-refractivity contribution in [3.8, 4) is 0 Å². The minimum atomic E-state index is -0.431. The van der Waals surface area contributed by atoms with Crippen LogP contribution in [0.15, 0.2) is 24.3 Å². The fraction of sp³-hybridized carbons (Fsp3) is 0.579. The molecule has 0 unspecified atom stereocenters. The molecule has 0 spiro atoms. The second kappa shape index (κ2) is 10.3. The average Bonchev–Trinajstić information content (AvgIpc) is 2.56. The lowest BCUT2D eigenvalue weighted by Gasteiger charge is -2.29. The van der Waals surface area contributed by atoms with Crippen molar-refractivity contribution in [3.63, 3.8) is 0 Å². The zero-order valence-corrected chi connectivity index (χ0v) is 15.7. The summed E-state index contributed by atoms with van der Waals surface area (Å²) in [4.78, 5) is 19.6. The number of hydrogen-bond acceptors (Lipinski definition) is 6. The molecule has 6 heteroatoms. The van der Waals surface area contributed by atoms with Gasteiger partial charge in [-0.1, -0.05) is 24.3 Å². The summed E-state index contributed by atoms with van der Waals surface area (Å²) in [6.07, 6.45) is 0.391. The lowest BCUT2D eigenvalue weighted by molar-refractivity contribution is -0.153. The van der Waals surface area contributed by atoms with Crippen LogP contribution >= 0.6 is 0 Å². The van der Waals surface area contributed by atoms with Crippen molar-refractivity contribution in [1.29, 1.82) is 0 Å². The van der Waals surface area contributed by atoms with Gasteiger partial charge in [-0.3, -0.25) is 4.79 Å². The standard InChI is InChI=1S/C18H29N3O2.CH2O.H2/c1-13-20-10-16(11-21-13)15-7-5-14(6-8-15)9-19-12-17(22)23-18(2,3)4;1-2;/h5-8,13,16,19-21H,9-12H2,1-4H3;1H2;1H. The summed E-state index contributed by atoms with van der Waals surface area (Å²) < 4.78 is 5.27. The molecule has 1 aromatic carbocycles. The second-order valence-electron chi connectivity index (χ2n) is 7.17. The van der Waals surface area contributed by atoms with E-state index in [-0.39, 0.29) is 13.9 Å². The van der Waals surface area contributed by atoms with E-state index in [1.54, 1.807) is 0 Å². The van der Waals surface area contributed by atoms with Gasteiger partial charge in [0.2, 0.25) is 0 Å². The van der Waals surface area contributed by atoms with Gasteiger partial charge >= 0.3 is 5.97 Å². The predicted octanol–water partition coefficient (Wildman–Crippen LogP) is 1.80. The molecule has 6 nitrogen and oxygen atoms in total. The molecular weight excluding hydrogens is 318 g/mol. The Labute approximate surface area is 152 Å². The molecule has 3 N–H and O–H groups in total. The van der Waals surface area contributed by atoms with Crippen molar-refractivity contribution < 1.29 is 15.8 Å². The quantitative estimate of drug-likeness (QED) is 0.702. The summed E-state index contributed by atoms with van der Waals surface area (Å²) in [6.45, 7) is 12.7. The van der Waals surface area contributed by atoms with Gasteiger partial charge in [0.15, 0.2) is 0 Å². The molecule has 1 saturated heterocycles. The molecular formula is C19H33N3O3. The number of rotatable bonds is 5. The Bertz CT molecular complexity index is 524. The lowest BCUT2D eigenvalue weighted by atomic mass is 9.96. The third-order valence-corrected chi connectivity index (χ3v) is 3.81. The minimum absolute atomic E-state index is 0. The van der Waals surface area contributed by atoms with Crippen LogP contribution in [0, 0.1) is 0 Å². The van der Waals surface area contributed by atoms with Crippen LogP contribution in [0.3, 0.4) is 0 Å². The maximum Gasteiger partial charge on any atom is 0.320 e. The van der Waals surface area contributed by atoms with Crippen LogP contribution in [-0.2, 0) is 20.9 Å². The highest BCUT2D eigenvalue weighted by atomic mass is 16.6. The van der Waals surface area contributed by atoms with Gasteiger partial charge in [-0.05, 0) is 38.8 Å². The Morgan fingerprint density at radius 3 is 2.32 bits per heavy atom. The first kappa shape index (κ1) is 21.3. The molecule has 2 rings (SSSR count). The van der Waals surface area contributed by atoms with E-state index < -0.39 is 5.60 Å². The van der Waals surface area contributed by atoms with E-state index in [2.05, 4.69) is 47.1 Å². The van der Waals surface area contributed by atoms with Crippen molar-refractivity contribution >= 4 is 12.8 Å². The van der Waals surface area contributed by atoms with Crippen molar-refractivity contribution in [2.45, 2.75) is 51.9 Å². The summed E-state index contributed by atoms with van der Waals surface area (Å²) >= 11 is 0. The van der Waals surface area contributed by atoms with E-state index in [4.69, 9.17) is 9.53 Å². The van der Waals surface area contributed by atoms with Crippen molar-refractivity contribution in [2.24, 2.45) is 0 Å². The Morgan fingerprint density at radius 2 is 1.80 bits per heavy atom. The second-order valence-corrected chi connectivity index (χ2v) is 7.17. The molecule has 1 fully saturated rings. The molecule has 1 heterocycles. The van der Waals surface area contributed by atoms with E-state index in [9.17, 15) is 4.79 Å². The van der Waals surface area contributed by atoms with E-state index in [0.717, 1.165) is 13.1 Å². The highest BCUT2D eigenvalue weighted by Crippen LogP contribution is 2.17. The Hall–Kier alpha value is -1.76. The largest absolute Gasteiger partial charge is 0.459 e. The van der Waals surface area contributed by atoms with Gasteiger partial charge in [0.25, 0.3) is 0 Å². The van der Waals surface area contributed by atoms with Crippen LogP contribution in [0.5, 0.6) is 0 Å². The molecule has 0 saturated carbocycles. The van der Waals surface area contributed by atoms with Gasteiger partial charge < -0.3 is 25.5 Å². The Balaban J connectivity index is 0.00000201. The topological polar surface area (TPSA) is 79.5 Å². The molecule has 1 aliphatic heterocycles. The summed E-state index contributed by atoms with van der Waals surface area (Å²) in [5.74, 6) is 0.289.